The van der Waals surface area contributed by atoms with Crippen LogP contribution in [0, 0.1) is 6.92 Å². The molecule has 0 saturated carbocycles. The number of fused-ring (bicyclic) bond motifs is 1. The molecule has 7 heteroatoms. The molecule has 0 atom stereocenters. The van der Waals surface area contributed by atoms with E-state index < -0.39 is 0 Å². The van der Waals surface area contributed by atoms with Crippen LogP contribution in [0.1, 0.15) is 62.3 Å². The normalized spacial score (nSPS) is 12.1. The molecule has 0 aliphatic rings. The predicted octanol–water partition coefficient (Wildman–Crippen LogP) is 4.33. The van der Waals surface area contributed by atoms with E-state index in [1.807, 2.05) is 23.1 Å². The van der Waals surface area contributed by atoms with Crippen molar-refractivity contribution in [1.29, 1.82) is 0 Å². The van der Waals surface area contributed by atoms with Crippen molar-refractivity contribution in [3.05, 3.63) is 34.6 Å². The average Bonchev–Trinajstić information content (AvgIpc) is 3.14. The van der Waals surface area contributed by atoms with Gasteiger partial charge < -0.3 is 0 Å². The van der Waals surface area contributed by atoms with Crippen LogP contribution in [0.3, 0.4) is 0 Å². The van der Waals surface area contributed by atoms with Crippen LogP contribution >= 0.6 is 11.3 Å². The van der Waals surface area contributed by atoms with Gasteiger partial charge in [0.15, 0.2) is 10.8 Å². The number of nitrogens with zero attached hydrogens (tertiary/aromatic N) is 4. The molecule has 0 radical (unpaired) electrons. The minimum Gasteiger partial charge on any atom is -0.298 e. The quantitative estimate of drug-likeness (QED) is 0.757. The van der Waals surface area contributed by atoms with Crippen molar-refractivity contribution in [3.8, 4) is 0 Å². The first-order valence-electron chi connectivity index (χ1n) is 8.30. The van der Waals surface area contributed by atoms with Crippen LogP contribution in [0.25, 0.3) is 11.0 Å². The van der Waals surface area contributed by atoms with Crippen LogP contribution in [0.2, 0.25) is 0 Å². The molecule has 0 unspecified atom stereocenters. The molecule has 0 saturated heterocycles. The van der Waals surface area contributed by atoms with E-state index in [0.717, 1.165) is 22.4 Å². The number of amides is 1. The molecule has 0 spiro atoms. The van der Waals surface area contributed by atoms with Crippen molar-refractivity contribution >= 4 is 33.4 Å². The second-order valence-electron chi connectivity index (χ2n) is 7.41. The Hall–Kier alpha value is -2.28. The molecule has 3 rings (SSSR count). The van der Waals surface area contributed by atoms with E-state index in [9.17, 15) is 4.79 Å². The van der Waals surface area contributed by atoms with Gasteiger partial charge in [0.2, 0.25) is 0 Å². The molecule has 3 aromatic heterocycles. The lowest BCUT2D eigenvalue weighted by atomic mass is 10.0. The number of pyridine rings is 1. The predicted molar refractivity (Wildman–Crippen MR) is 101 cm³/mol. The molecule has 6 nitrogen and oxygen atoms in total. The van der Waals surface area contributed by atoms with Crippen molar-refractivity contribution in [2.24, 2.45) is 0 Å². The molecule has 25 heavy (non-hydrogen) atoms. The Labute approximate surface area is 151 Å². The van der Waals surface area contributed by atoms with Crippen molar-refractivity contribution in [1.82, 2.24) is 19.7 Å². The number of nitrogens with one attached hydrogen (secondary N) is 1. The highest BCUT2D eigenvalue weighted by Crippen LogP contribution is 2.29. The van der Waals surface area contributed by atoms with Crippen LogP contribution in [-0.4, -0.2) is 25.7 Å². The zero-order valence-corrected chi connectivity index (χ0v) is 16.2. The second kappa shape index (κ2) is 6.22. The molecule has 0 aliphatic heterocycles. The fraction of sp³-hybridized carbons (Fsp3) is 0.444. The standard InChI is InChI=1S/C18H23N5OS/c1-10(2)13-9-12(16(24)21-17-19-7-8-25-17)14-11(3)22-23(15(14)20-13)18(4,5)6/h7-10H,1-6H3,(H,19,21,24). The number of hydrogen-bond donors (Lipinski definition) is 1. The Kier molecular flexibility index (Phi) is 4.36. The van der Waals surface area contributed by atoms with Gasteiger partial charge in [-0.15, -0.1) is 11.3 Å². The summed E-state index contributed by atoms with van der Waals surface area (Å²) in [6.07, 6.45) is 1.67. The number of anilines is 1. The Morgan fingerprint density at radius 1 is 1.32 bits per heavy atom. The fourth-order valence-corrected chi connectivity index (χ4v) is 3.22. The van der Waals surface area contributed by atoms with Gasteiger partial charge in [-0.25, -0.2) is 14.6 Å². The lowest BCUT2D eigenvalue weighted by Gasteiger charge is -2.20. The molecule has 0 aliphatic carbocycles. The van der Waals surface area contributed by atoms with Crippen LogP contribution in [-0.2, 0) is 5.54 Å². The fourth-order valence-electron chi connectivity index (χ4n) is 2.70. The third-order valence-electron chi connectivity index (χ3n) is 3.96. The van der Waals surface area contributed by atoms with Gasteiger partial charge in [0.1, 0.15) is 0 Å². The Bertz CT molecular complexity index is 919. The largest absolute Gasteiger partial charge is 0.298 e. The minimum atomic E-state index is -0.224. The van der Waals surface area contributed by atoms with E-state index in [0.29, 0.717) is 10.7 Å². The molecule has 132 valence electrons. The molecule has 3 aromatic rings. The number of aromatic nitrogens is 4. The highest BCUT2D eigenvalue weighted by atomic mass is 32.1. The number of thiazole rings is 1. The minimum absolute atomic E-state index is 0.180. The van der Waals surface area contributed by atoms with E-state index in [1.54, 1.807) is 6.20 Å². The molecule has 1 N–H and O–H groups in total. The van der Waals surface area contributed by atoms with E-state index in [1.165, 1.54) is 11.3 Å². The lowest BCUT2D eigenvalue weighted by molar-refractivity contribution is 0.102. The van der Waals surface area contributed by atoms with Crippen molar-refractivity contribution in [2.75, 3.05) is 5.32 Å². The molecule has 0 bridgehead atoms. The number of hydrogen-bond acceptors (Lipinski definition) is 5. The second-order valence-corrected chi connectivity index (χ2v) is 8.30. The maximum absolute atomic E-state index is 12.9. The highest BCUT2D eigenvalue weighted by Gasteiger charge is 2.25. The van der Waals surface area contributed by atoms with Gasteiger partial charge in [0.05, 0.1) is 22.2 Å². The number of carbonyl (C=O) groups is 1. The summed E-state index contributed by atoms with van der Waals surface area (Å²) in [5.74, 6) is 0.0280. The smallest absolute Gasteiger partial charge is 0.258 e. The molecular formula is C18H23N5OS. The summed E-state index contributed by atoms with van der Waals surface area (Å²) < 4.78 is 1.91. The first-order chi connectivity index (χ1) is 11.7. The van der Waals surface area contributed by atoms with Crippen molar-refractivity contribution in [2.45, 2.75) is 53.0 Å². The number of aryl methyl sites for hydroxylation is 1. The number of carbonyl (C=O) groups excluding carboxylic acids is 1. The maximum atomic E-state index is 12.9. The third-order valence-corrected chi connectivity index (χ3v) is 4.65. The first kappa shape index (κ1) is 17.5. The highest BCUT2D eigenvalue weighted by molar-refractivity contribution is 7.13. The summed E-state index contributed by atoms with van der Waals surface area (Å²) >= 11 is 1.40. The summed E-state index contributed by atoms with van der Waals surface area (Å²) in [7, 11) is 0. The summed E-state index contributed by atoms with van der Waals surface area (Å²) in [6, 6.07) is 1.87. The molecule has 3 heterocycles. The van der Waals surface area contributed by atoms with Crippen LogP contribution in [0.4, 0.5) is 5.13 Å². The Morgan fingerprint density at radius 3 is 2.60 bits per heavy atom. The van der Waals surface area contributed by atoms with Gasteiger partial charge in [-0.1, -0.05) is 13.8 Å². The van der Waals surface area contributed by atoms with Gasteiger partial charge in [-0.2, -0.15) is 5.10 Å². The average molecular weight is 357 g/mol. The third kappa shape index (κ3) is 3.28. The topological polar surface area (TPSA) is 72.7 Å². The summed E-state index contributed by atoms with van der Waals surface area (Å²) in [5.41, 5.74) is 2.80. The van der Waals surface area contributed by atoms with Crippen LogP contribution in [0.15, 0.2) is 17.6 Å². The molecular weight excluding hydrogens is 334 g/mol. The zero-order chi connectivity index (χ0) is 18.4. The Balaban J connectivity index is 2.22. The van der Waals surface area contributed by atoms with Gasteiger partial charge >= 0.3 is 0 Å². The van der Waals surface area contributed by atoms with Gasteiger partial charge in [0, 0.05) is 17.3 Å². The lowest BCUT2D eigenvalue weighted by Crippen LogP contribution is -2.24. The van der Waals surface area contributed by atoms with Crippen LogP contribution < -0.4 is 5.32 Å². The van der Waals surface area contributed by atoms with Crippen molar-refractivity contribution < 1.29 is 4.79 Å². The summed E-state index contributed by atoms with van der Waals surface area (Å²) in [5, 5.41) is 10.8. The zero-order valence-electron chi connectivity index (χ0n) is 15.4. The SMILES string of the molecule is Cc1nn(C(C)(C)C)c2nc(C(C)C)cc(C(=O)Nc3nccs3)c12. The molecule has 0 aromatic carbocycles. The van der Waals surface area contributed by atoms with Crippen molar-refractivity contribution in [3.63, 3.8) is 0 Å². The van der Waals surface area contributed by atoms with E-state index in [2.05, 4.69) is 50.0 Å². The van der Waals surface area contributed by atoms with E-state index in [-0.39, 0.29) is 17.4 Å². The van der Waals surface area contributed by atoms with Gasteiger partial charge in [-0.05, 0) is 39.7 Å². The van der Waals surface area contributed by atoms with E-state index >= 15 is 0 Å². The van der Waals surface area contributed by atoms with E-state index in [4.69, 9.17) is 4.98 Å². The van der Waals surface area contributed by atoms with Gasteiger partial charge in [-0.3, -0.25) is 10.1 Å². The summed E-state index contributed by atoms with van der Waals surface area (Å²) in [4.78, 5) is 21.8. The maximum Gasteiger partial charge on any atom is 0.258 e. The number of rotatable bonds is 3. The molecule has 1 amide bonds. The Morgan fingerprint density at radius 2 is 2.04 bits per heavy atom. The van der Waals surface area contributed by atoms with Gasteiger partial charge in [0.25, 0.3) is 5.91 Å². The summed E-state index contributed by atoms with van der Waals surface area (Å²) in [6.45, 7) is 12.3. The van der Waals surface area contributed by atoms with Crippen LogP contribution in [0.5, 0.6) is 0 Å². The monoisotopic (exact) mass is 357 g/mol. The first-order valence-corrected chi connectivity index (χ1v) is 9.18. The molecule has 0 fully saturated rings.